The third kappa shape index (κ3) is 4.96. The van der Waals surface area contributed by atoms with Crippen molar-refractivity contribution in [2.24, 2.45) is 5.73 Å². The molecule has 0 radical (unpaired) electrons. The van der Waals surface area contributed by atoms with E-state index >= 15 is 0 Å². The van der Waals surface area contributed by atoms with Crippen molar-refractivity contribution in [2.45, 2.75) is 12.8 Å². The molecular formula is C11H14N2O4S. The molecule has 0 fully saturated rings. The topological polar surface area (TPSA) is 101 Å². The summed E-state index contributed by atoms with van der Waals surface area (Å²) in [6.07, 6.45) is 0.701. The summed E-state index contributed by atoms with van der Waals surface area (Å²) < 4.78 is 0. The van der Waals surface area contributed by atoms with Gasteiger partial charge in [-0.15, -0.1) is 11.3 Å². The number of carbonyl (C=O) groups is 3. The van der Waals surface area contributed by atoms with Crippen molar-refractivity contribution < 1.29 is 19.5 Å². The number of carbonyl (C=O) groups excluding carboxylic acids is 2. The van der Waals surface area contributed by atoms with E-state index in [2.05, 4.69) is 0 Å². The third-order valence-electron chi connectivity index (χ3n) is 2.19. The van der Waals surface area contributed by atoms with E-state index in [9.17, 15) is 14.4 Å². The number of carboxylic acids is 1. The molecule has 0 unspecified atom stereocenters. The fourth-order valence-corrected chi connectivity index (χ4v) is 2.14. The molecule has 1 aromatic heterocycles. The number of nitrogens with two attached hydrogens (primary N) is 1. The van der Waals surface area contributed by atoms with E-state index in [0.717, 1.165) is 9.78 Å². The Balaban J connectivity index is 2.52. The molecule has 0 aliphatic rings. The summed E-state index contributed by atoms with van der Waals surface area (Å²) in [5.74, 6) is -2.27. The van der Waals surface area contributed by atoms with Crippen molar-refractivity contribution in [1.82, 2.24) is 4.90 Å². The summed E-state index contributed by atoms with van der Waals surface area (Å²) in [5, 5.41) is 10.6. The minimum Gasteiger partial charge on any atom is -0.480 e. The van der Waals surface area contributed by atoms with Crippen LogP contribution in [0.1, 0.15) is 11.3 Å². The Morgan fingerprint density at radius 2 is 2.06 bits per heavy atom. The summed E-state index contributed by atoms with van der Waals surface area (Å²) in [4.78, 5) is 35.1. The van der Waals surface area contributed by atoms with Gasteiger partial charge < -0.3 is 15.7 Å². The van der Waals surface area contributed by atoms with Crippen LogP contribution in [0.15, 0.2) is 17.5 Å². The number of carboxylic acid groups (broad SMARTS) is 1. The van der Waals surface area contributed by atoms with Gasteiger partial charge in [-0.05, 0) is 17.9 Å². The monoisotopic (exact) mass is 270 g/mol. The zero-order valence-corrected chi connectivity index (χ0v) is 10.5. The predicted molar refractivity (Wildman–Crippen MR) is 66.1 cm³/mol. The van der Waals surface area contributed by atoms with E-state index in [1.807, 2.05) is 17.5 Å². The first kappa shape index (κ1) is 14.2. The minimum atomic E-state index is -1.17. The van der Waals surface area contributed by atoms with Crippen LogP contribution in [-0.2, 0) is 20.8 Å². The SMILES string of the molecule is NC(=O)CN(CC(=O)O)C(=O)CCc1cccs1. The Bertz CT molecular complexity index is 414. The second-order valence-corrected chi connectivity index (χ2v) is 4.72. The second-order valence-electron chi connectivity index (χ2n) is 3.69. The fourth-order valence-electron chi connectivity index (χ4n) is 1.43. The highest BCUT2D eigenvalue weighted by molar-refractivity contribution is 7.09. The Hall–Kier alpha value is -1.89. The van der Waals surface area contributed by atoms with E-state index < -0.39 is 18.4 Å². The molecular weight excluding hydrogens is 256 g/mol. The number of thiophene rings is 1. The summed E-state index contributed by atoms with van der Waals surface area (Å²) in [6, 6.07) is 3.77. The van der Waals surface area contributed by atoms with Gasteiger partial charge in [0.05, 0.1) is 6.54 Å². The van der Waals surface area contributed by atoms with E-state index in [1.54, 1.807) is 0 Å². The number of amides is 2. The molecule has 0 aromatic carbocycles. The van der Waals surface area contributed by atoms with Crippen LogP contribution >= 0.6 is 11.3 Å². The number of hydrogen-bond acceptors (Lipinski definition) is 4. The molecule has 0 saturated carbocycles. The summed E-state index contributed by atoms with van der Waals surface area (Å²) >= 11 is 1.53. The number of primary amides is 1. The maximum Gasteiger partial charge on any atom is 0.323 e. The van der Waals surface area contributed by atoms with Gasteiger partial charge in [0.2, 0.25) is 11.8 Å². The van der Waals surface area contributed by atoms with Crippen LogP contribution in [0.4, 0.5) is 0 Å². The molecule has 1 rings (SSSR count). The Morgan fingerprint density at radius 1 is 1.33 bits per heavy atom. The zero-order valence-electron chi connectivity index (χ0n) is 9.67. The molecule has 18 heavy (non-hydrogen) atoms. The largest absolute Gasteiger partial charge is 0.480 e. The molecule has 0 saturated heterocycles. The van der Waals surface area contributed by atoms with Gasteiger partial charge in [-0.25, -0.2) is 0 Å². The zero-order chi connectivity index (χ0) is 13.5. The van der Waals surface area contributed by atoms with Crippen LogP contribution in [0.5, 0.6) is 0 Å². The van der Waals surface area contributed by atoms with Gasteiger partial charge in [-0.2, -0.15) is 0 Å². The first-order valence-corrected chi connectivity index (χ1v) is 6.17. The van der Waals surface area contributed by atoms with Gasteiger partial charge in [0.1, 0.15) is 6.54 Å². The lowest BCUT2D eigenvalue weighted by molar-refractivity contribution is -0.145. The molecule has 1 aromatic rings. The van der Waals surface area contributed by atoms with Gasteiger partial charge >= 0.3 is 5.97 Å². The van der Waals surface area contributed by atoms with Crippen LogP contribution in [0.25, 0.3) is 0 Å². The molecule has 0 aliphatic carbocycles. The quantitative estimate of drug-likeness (QED) is 0.732. The van der Waals surface area contributed by atoms with Crippen molar-refractivity contribution >= 4 is 29.1 Å². The standard InChI is InChI=1S/C11H14N2O4S/c12-9(14)6-13(7-11(16)17)10(15)4-3-8-2-1-5-18-8/h1-2,5H,3-4,6-7H2,(H2,12,14)(H,16,17). The Kier molecular flexibility index (Phi) is 5.31. The summed E-state index contributed by atoms with van der Waals surface area (Å²) in [5.41, 5.74) is 4.97. The van der Waals surface area contributed by atoms with E-state index in [4.69, 9.17) is 10.8 Å². The fraction of sp³-hybridized carbons (Fsp3) is 0.364. The van der Waals surface area contributed by atoms with Crippen LogP contribution in [0.2, 0.25) is 0 Å². The van der Waals surface area contributed by atoms with Crippen molar-refractivity contribution in [2.75, 3.05) is 13.1 Å². The van der Waals surface area contributed by atoms with E-state index in [-0.39, 0.29) is 18.9 Å². The molecule has 0 bridgehead atoms. The van der Waals surface area contributed by atoms with Crippen LogP contribution in [-0.4, -0.2) is 40.9 Å². The van der Waals surface area contributed by atoms with Gasteiger partial charge in [0.15, 0.2) is 0 Å². The predicted octanol–water partition coefficient (Wildman–Crippen LogP) is 0.0792. The number of hydrogen-bond donors (Lipinski definition) is 2. The highest BCUT2D eigenvalue weighted by Gasteiger charge is 2.18. The van der Waals surface area contributed by atoms with Gasteiger partial charge in [0, 0.05) is 11.3 Å². The lowest BCUT2D eigenvalue weighted by Crippen LogP contribution is -2.41. The van der Waals surface area contributed by atoms with E-state index in [1.165, 1.54) is 11.3 Å². The molecule has 0 spiro atoms. The van der Waals surface area contributed by atoms with Crippen LogP contribution in [0.3, 0.4) is 0 Å². The number of rotatable bonds is 7. The van der Waals surface area contributed by atoms with Crippen LogP contribution in [0, 0.1) is 0 Å². The first-order chi connectivity index (χ1) is 8.49. The van der Waals surface area contributed by atoms with E-state index in [0.29, 0.717) is 6.42 Å². The van der Waals surface area contributed by atoms with Crippen molar-refractivity contribution in [3.05, 3.63) is 22.4 Å². The molecule has 6 nitrogen and oxygen atoms in total. The maximum atomic E-state index is 11.8. The number of aryl methyl sites for hydroxylation is 1. The molecule has 0 aliphatic heterocycles. The van der Waals surface area contributed by atoms with Crippen molar-refractivity contribution in [3.8, 4) is 0 Å². The van der Waals surface area contributed by atoms with Gasteiger partial charge in [-0.1, -0.05) is 6.07 Å². The average molecular weight is 270 g/mol. The number of nitrogens with zero attached hydrogens (tertiary/aromatic N) is 1. The molecule has 3 N–H and O–H groups in total. The second kappa shape index (κ2) is 6.75. The molecule has 0 atom stereocenters. The molecule has 7 heteroatoms. The molecule has 98 valence electrons. The normalized spacial score (nSPS) is 10.0. The number of aliphatic carboxylic acids is 1. The van der Waals surface area contributed by atoms with Crippen molar-refractivity contribution in [3.63, 3.8) is 0 Å². The lowest BCUT2D eigenvalue weighted by Gasteiger charge is -2.18. The Labute approximate surface area is 108 Å². The maximum absolute atomic E-state index is 11.8. The van der Waals surface area contributed by atoms with Crippen LogP contribution < -0.4 is 5.73 Å². The smallest absolute Gasteiger partial charge is 0.323 e. The highest BCUT2D eigenvalue weighted by Crippen LogP contribution is 2.11. The highest BCUT2D eigenvalue weighted by atomic mass is 32.1. The summed E-state index contributed by atoms with van der Waals surface area (Å²) in [6.45, 7) is -0.873. The average Bonchev–Trinajstić information content (AvgIpc) is 2.76. The molecule has 2 amide bonds. The third-order valence-corrected chi connectivity index (χ3v) is 3.13. The first-order valence-electron chi connectivity index (χ1n) is 5.29. The van der Waals surface area contributed by atoms with Crippen molar-refractivity contribution in [1.29, 1.82) is 0 Å². The van der Waals surface area contributed by atoms with Gasteiger partial charge in [0.25, 0.3) is 0 Å². The minimum absolute atomic E-state index is 0.168. The Morgan fingerprint density at radius 3 is 2.56 bits per heavy atom. The molecule has 1 heterocycles. The lowest BCUT2D eigenvalue weighted by atomic mass is 10.2. The van der Waals surface area contributed by atoms with Gasteiger partial charge in [-0.3, -0.25) is 14.4 Å². The summed E-state index contributed by atoms with van der Waals surface area (Å²) in [7, 11) is 0.